The molecule has 2 aliphatic rings. The molecular weight excluding hydrogens is 274 g/mol. The molecule has 1 aliphatic heterocycles. The summed E-state index contributed by atoms with van der Waals surface area (Å²) in [5.74, 6) is 0.946. The third-order valence-electron chi connectivity index (χ3n) is 4.89. The summed E-state index contributed by atoms with van der Waals surface area (Å²) >= 11 is 0. The SMILES string of the molecule is CCCS(=O)(=O)CCN1CCCCC1C1CCCC1O. The van der Waals surface area contributed by atoms with Crippen LogP contribution in [0.4, 0.5) is 0 Å². The van der Waals surface area contributed by atoms with Crippen molar-refractivity contribution < 1.29 is 13.5 Å². The van der Waals surface area contributed by atoms with Crippen LogP contribution in [0.1, 0.15) is 51.9 Å². The number of hydrogen-bond acceptors (Lipinski definition) is 4. The Hall–Kier alpha value is -0.130. The van der Waals surface area contributed by atoms with Crippen LogP contribution in [-0.2, 0) is 9.84 Å². The van der Waals surface area contributed by atoms with Crippen molar-refractivity contribution in [2.45, 2.75) is 64.0 Å². The van der Waals surface area contributed by atoms with Gasteiger partial charge < -0.3 is 5.11 Å². The Morgan fingerprint density at radius 1 is 1.10 bits per heavy atom. The van der Waals surface area contributed by atoms with Crippen molar-refractivity contribution in [1.82, 2.24) is 4.90 Å². The molecule has 0 aromatic carbocycles. The molecule has 2 rings (SSSR count). The Labute approximate surface area is 123 Å². The van der Waals surface area contributed by atoms with Crippen LogP contribution in [0.5, 0.6) is 0 Å². The largest absolute Gasteiger partial charge is 0.393 e. The fraction of sp³-hybridized carbons (Fsp3) is 1.00. The summed E-state index contributed by atoms with van der Waals surface area (Å²) in [5, 5.41) is 10.1. The zero-order valence-electron chi connectivity index (χ0n) is 12.6. The Balaban J connectivity index is 1.93. The lowest BCUT2D eigenvalue weighted by molar-refractivity contribution is 0.0388. The van der Waals surface area contributed by atoms with Crippen molar-refractivity contribution in [1.29, 1.82) is 0 Å². The first-order valence-electron chi connectivity index (χ1n) is 8.16. The topological polar surface area (TPSA) is 57.6 Å². The molecule has 0 aromatic heterocycles. The van der Waals surface area contributed by atoms with Gasteiger partial charge in [0, 0.05) is 24.3 Å². The summed E-state index contributed by atoms with van der Waals surface area (Å²) in [6.45, 7) is 3.56. The first-order valence-corrected chi connectivity index (χ1v) is 9.98. The molecule has 0 radical (unpaired) electrons. The summed E-state index contributed by atoms with van der Waals surface area (Å²) in [4.78, 5) is 2.34. The third-order valence-corrected chi connectivity index (χ3v) is 6.73. The van der Waals surface area contributed by atoms with Gasteiger partial charge in [-0.25, -0.2) is 8.42 Å². The van der Waals surface area contributed by atoms with Crippen LogP contribution in [-0.4, -0.2) is 55.2 Å². The lowest BCUT2D eigenvalue weighted by Crippen LogP contribution is -2.48. The fourth-order valence-corrected chi connectivity index (χ4v) is 5.21. The van der Waals surface area contributed by atoms with E-state index in [1.807, 2.05) is 6.92 Å². The zero-order chi connectivity index (χ0) is 14.6. The van der Waals surface area contributed by atoms with E-state index in [1.165, 1.54) is 6.42 Å². The van der Waals surface area contributed by atoms with Gasteiger partial charge in [-0.3, -0.25) is 4.90 Å². The lowest BCUT2D eigenvalue weighted by Gasteiger charge is -2.40. The standard InChI is InChI=1S/C15H29NO3S/c1-2-11-20(18,19)12-10-16-9-4-3-7-14(16)13-6-5-8-15(13)17/h13-15,17H,2-12H2,1H3. The highest BCUT2D eigenvalue weighted by Gasteiger charge is 2.36. The Bertz CT molecular complexity index is 396. The van der Waals surface area contributed by atoms with Gasteiger partial charge in [0.2, 0.25) is 0 Å². The summed E-state index contributed by atoms with van der Waals surface area (Å²) in [7, 11) is -2.90. The number of hydrogen-bond donors (Lipinski definition) is 1. The molecule has 0 amide bonds. The van der Waals surface area contributed by atoms with Gasteiger partial charge >= 0.3 is 0 Å². The van der Waals surface area contributed by atoms with Crippen LogP contribution >= 0.6 is 0 Å². The van der Waals surface area contributed by atoms with E-state index in [-0.39, 0.29) is 11.9 Å². The quantitative estimate of drug-likeness (QED) is 0.813. The van der Waals surface area contributed by atoms with E-state index in [4.69, 9.17) is 0 Å². The molecule has 3 atom stereocenters. The van der Waals surface area contributed by atoms with Gasteiger partial charge in [0.15, 0.2) is 9.84 Å². The van der Waals surface area contributed by atoms with Crippen LogP contribution in [0.25, 0.3) is 0 Å². The van der Waals surface area contributed by atoms with E-state index >= 15 is 0 Å². The maximum absolute atomic E-state index is 11.9. The van der Waals surface area contributed by atoms with Gasteiger partial charge in [-0.05, 0) is 38.6 Å². The van der Waals surface area contributed by atoms with Crippen LogP contribution in [0.2, 0.25) is 0 Å². The number of rotatable bonds is 6. The molecule has 5 heteroatoms. The van der Waals surface area contributed by atoms with E-state index in [2.05, 4.69) is 4.90 Å². The van der Waals surface area contributed by atoms with Crippen molar-refractivity contribution in [3.05, 3.63) is 0 Å². The maximum atomic E-state index is 11.9. The number of piperidine rings is 1. The van der Waals surface area contributed by atoms with Crippen LogP contribution in [0.15, 0.2) is 0 Å². The summed E-state index contributed by atoms with van der Waals surface area (Å²) < 4.78 is 23.8. The van der Waals surface area contributed by atoms with Crippen LogP contribution < -0.4 is 0 Å². The number of aliphatic hydroxyl groups is 1. The van der Waals surface area contributed by atoms with E-state index < -0.39 is 9.84 Å². The summed E-state index contributed by atoms with van der Waals surface area (Å²) in [6.07, 6.45) is 7.16. The second-order valence-electron chi connectivity index (χ2n) is 6.41. The predicted octanol–water partition coefficient (Wildman–Crippen LogP) is 1.83. The highest BCUT2D eigenvalue weighted by molar-refractivity contribution is 7.91. The second-order valence-corrected chi connectivity index (χ2v) is 8.72. The monoisotopic (exact) mass is 303 g/mol. The molecule has 2 fully saturated rings. The molecule has 0 spiro atoms. The van der Waals surface area contributed by atoms with E-state index in [1.54, 1.807) is 0 Å². The van der Waals surface area contributed by atoms with Gasteiger partial charge in [-0.15, -0.1) is 0 Å². The number of sulfone groups is 1. The minimum Gasteiger partial charge on any atom is -0.393 e. The van der Waals surface area contributed by atoms with E-state index in [9.17, 15) is 13.5 Å². The Morgan fingerprint density at radius 3 is 2.55 bits per heavy atom. The number of likely N-dealkylation sites (tertiary alicyclic amines) is 1. The fourth-order valence-electron chi connectivity index (χ4n) is 3.87. The van der Waals surface area contributed by atoms with Gasteiger partial charge in [-0.2, -0.15) is 0 Å². The Kier molecular flexibility index (Phi) is 5.87. The zero-order valence-corrected chi connectivity index (χ0v) is 13.4. The van der Waals surface area contributed by atoms with Crippen LogP contribution in [0.3, 0.4) is 0 Å². The molecule has 4 nitrogen and oxygen atoms in total. The van der Waals surface area contributed by atoms with Gasteiger partial charge in [0.25, 0.3) is 0 Å². The van der Waals surface area contributed by atoms with Gasteiger partial charge in [0.1, 0.15) is 0 Å². The molecule has 20 heavy (non-hydrogen) atoms. The van der Waals surface area contributed by atoms with Crippen molar-refractivity contribution in [2.75, 3.05) is 24.6 Å². The highest BCUT2D eigenvalue weighted by Crippen LogP contribution is 2.35. The average molecular weight is 303 g/mol. The molecule has 0 bridgehead atoms. The molecule has 1 heterocycles. The molecule has 1 saturated heterocycles. The molecule has 1 aliphatic carbocycles. The molecule has 1 saturated carbocycles. The van der Waals surface area contributed by atoms with Crippen molar-refractivity contribution >= 4 is 9.84 Å². The minimum atomic E-state index is -2.90. The first kappa shape index (κ1) is 16.2. The minimum absolute atomic E-state index is 0.173. The molecule has 1 N–H and O–H groups in total. The molecular formula is C15H29NO3S. The van der Waals surface area contributed by atoms with Crippen LogP contribution in [0, 0.1) is 5.92 Å². The normalized spacial score (nSPS) is 32.6. The number of aliphatic hydroxyl groups excluding tert-OH is 1. The smallest absolute Gasteiger partial charge is 0.151 e. The number of nitrogens with zero attached hydrogens (tertiary/aromatic N) is 1. The average Bonchev–Trinajstić information content (AvgIpc) is 2.83. The molecule has 3 unspecified atom stereocenters. The van der Waals surface area contributed by atoms with E-state index in [0.717, 1.165) is 38.6 Å². The van der Waals surface area contributed by atoms with Gasteiger partial charge in [-0.1, -0.05) is 19.8 Å². The highest BCUT2D eigenvalue weighted by atomic mass is 32.2. The first-order chi connectivity index (χ1) is 9.53. The second kappa shape index (κ2) is 7.23. The van der Waals surface area contributed by atoms with Gasteiger partial charge in [0.05, 0.1) is 11.9 Å². The van der Waals surface area contributed by atoms with E-state index in [0.29, 0.717) is 30.7 Å². The van der Waals surface area contributed by atoms with Crippen molar-refractivity contribution in [2.24, 2.45) is 5.92 Å². The molecule has 118 valence electrons. The lowest BCUT2D eigenvalue weighted by atomic mass is 9.88. The summed E-state index contributed by atoms with van der Waals surface area (Å²) in [6, 6.07) is 0.401. The predicted molar refractivity (Wildman–Crippen MR) is 81.5 cm³/mol. The van der Waals surface area contributed by atoms with Crippen molar-refractivity contribution in [3.63, 3.8) is 0 Å². The third kappa shape index (κ3) is 4.18. The van der Waals surface area contributed by atoms with Crippen molar-refractivity contribution in [3.8, 4) is 0 Å². The Morgan fingerprint density at radius 2 is 1.90 bits per heavy atom. The summed E-state index contributed by atoms with van der Waals surface area (Å²) in [5.41, 5.74) is 0. The molecule has 0 aromatic rings. The maximum Gasteiger partial charge on any atom is 0.151 e.